The molecule has 4 saturated carbocycles. The molecule has 0 amide bonds. The van der Waals surface area contributed by atoms with E-state index in [1.165, 1.54) is 31.3 Å². The maximum Gasteiger partial charge on any atom is 0.306 e. The van der Waals surface area contributed by atoms with E-state index in [2.05, 4.69) is 44.5 Å². The average Bonchev–Trinajstić information content (AvgIpc) is 3.51. The van der Waals surface area contributed by atoms with Crippen LogP contribution in [0.1, 0.15) is 122 Å². The Kier molecular flexibility index (Phi) is 9.54. The first-order valence-electron chi connectivity index (χ1n) is 16.6. The summed E-state index contributed by atoms with van der Waals surface area (Å²) in [5, 5.41) is 20.5. The van der Waals surface area contributed by atoms with Crippen molar-refractivity contribution >= 4 is 5.97 Å². The number of aliphatic hydroxyl groups excluding tert-OH is 2. The van der Waals surface area contributed by atoms with Gasteiger partial charge in [0.15, 0.2) is 0 Å². The maximum absolute atomic E-state index is 12.8. The zero-order chi connectivity index (χ0) is 30.1. The molecule has 0 radical (unpaired) electrons. The van der Waals surface area contributed by atoms with Crippen molar-refractivity contribution in [3.63, 3.8) is 0 Å². The minimum atomic E-state index is -0.649. The molecular formula is C36H53NO5. The maximum atomic E-state index is 12.8. The second kappa shape index (κ2) is 12.8. The minimum Gasteiger partial charge on any atom is -0.461 e. The number of ether oxygens (including phenoxy) is 1. The predicted molar refractivity (Wildman–Crippen MR) is 165 cm³/mol. The second-order valence-electron chi connectivity index (χ2n) is 14.3. The van der Waals surface area contributed by atoms with Crippen LogP contribution in [0.25, 0.3) is 0 Å². The highest BCUT2D eigenvalue weighted by Crippen LogP contribution is 2.60. The van der Waals surface area contributed by atoms with Crippen LogP contribution in [-0.2, 0) is 14.9 Å². The standard InChI is InChI=1S/C36H53NO5/c1-6-7-10-33(40)42-32(36(18-19-36)34-37-24(3)22-41-34)16-11-23(2)29-14-15-30-26(9-8-17-35(29,30)5)12-13-27-20-28(38)21-31(39)25(27)4/h12-13,22-23,28-32,38-39H,4,6-11,14-21H2,1-3,5H3/t23-,28-,29-,30+,31+,32-,35-/m1/s1. The third-order valence-corrected chi connectivity index (χ3v) is 11.3. The number of hydrogen-bond acceptors (Lipinski definition) is 6. The number of hydrogen-bond donors (Lipinski definition) is 2. The molecule has 1 aromatic rings. The molecule has 1 heterocycles. The lowest BCUT2D eigenvalue weighted by atomic mass is 9.60. The van der Waals surface area contributed by atoms with Gasteiger partial charge in [-0.05, 0) is 112 Å². The zero-order valence-corrected chi connectivity index (χ0v) is 26.4. The van der Waals surface area contributed by atoms with Crippen LogP contribution >= 0.6 is 0 Å². The summed E-state index contributed by atoms with van der Waals surface area (Å²) in [5.41, 5.74) is 4.13. The number of fused-ring (bicyclic) bond motifs is 1. The number of allylic oxidation sites excluding steroid dienone is 3. The molecule has 0 saturated heterocycles. The van der Waals surface area contributed by atoms with E-state index in [1.54, 1.807) is 6.26 Å². The van der Waals surface area contributed by atoms with Crippen LogP contribution in [0, 0.1) is 30.1 Å². The molecule has 4 aliphatic rings. The first-order valence-corrected chi connectivity index (χ1v) is 16.6. The first-order chi connectivity index (χ1) is 20.1. The predicted octanol–water partition coefficient (Wildman–Crippen LogP) is 7.67. The van der Waals surface area contributed by atoms with Crippen molar-refractivity contribution < 1.29 is 24.2 Å². The summed E-state index contributed by atoms with van der Waals surface area (Å²) in [7, 11) is 0. The molecule has 6 heteroatoms. The number of rotatable bonds is 11. The first kappa shape index (κ1) is 31.3. The number of esters is 1. The van der Waals surface area contributed by atoms with Gasteiger partial charge in [-0.2, -0.15) is 0 Å². The van der Waals surface area contributed by atoms with Crippen LogP contribution in [0.15, 0.2) is 46.1 Å². The van der Waals surface area contributed by atoms with Gasteiger partial charge in [0.1, 0.15) is 12.4 Å². The van der Waals surface area contributed by atoms with Gasteiger partial charge in [-0.25, -0.2) is 4.98 Å². The van der Waals surface area contributed by atoms with Gasteiger partial charge in [0, 0.05) is 12.8 Å². The Morgan fingerprint density at radius 2 is 2.02 bits per heavy atom. The van der Waals surface area contributed by atoms with Crippen molar-refractivity contribution in [1.82, 2.24) is 4.98 Å². The SMILES string of the molecule is C=C1C(=CC=C2CCC[C@]3(C)[C@@H]([C@H](C)CC[C@@H](OC(=O)CCCC)C4(c5nc(C)co5)CC4)CC[C@@H]23)C[C@@H](O)C[C@@H]1O. The molecule has 42 heavy (non-hydrogen) atoms. The fourth-order valence-electron chi connectivity index (χ4n) is 8.67. The van der Waals surface area contributed by atoms with Crippen LogP contribution in [0.4, 0.5) is 0 Å². The lowest BCUT2D eigenvalue weighted by Crippen LogP contribution is -2.37. The van der Waals surface area contributed by atoms with Gasteiger partial charge in [-0.1, -0.05) is 51.5 Å². The van der Waals surface area contributed by atoms with E-state index >= 15 is 0 Å². The second-order valence-corrected chi connectivity index (χ2v) is 14.3. The number of carbonyl (C=O) groups is 1. The van der Waals surface area contributed by atoms with Crippen LogP contribution in [-0.4, -0.2) is 39.5 Å². The lowest BCUT2D eigenvalue weighted by molar-refractivity contribution is -0.152. The summed E-state index contributed by atoms with van der Waals surface area (Å²) in [6.07, 6.45) is 17.9. The molecule has 5 rings (SSSR count). The Labute approximate surface area is 252 Å². The van der Waals surface area contributed by atoms with Crippen molar-refractivity contribution in [3.8, 4) is 0 Å². The molecule has 2 N–H and O–H groups in total. The third kappa shape index (κ3) is 6.36. The van der Waals surface area contributed by atoms with Gasteiger partial charge in [-0.15, -0.1) is 0 Å². The van der Waals surface area contributed by atoms with Crippen molar-refractivity contribution in [1.29, 1.82) is 0 Å². The molecule has 4 aliphatic carbocycles. The summed E-state index contributed by atoms with van der Waals surface area (Å²) >= 11 is 0. The Morgan fingerprint density at radius 3 is 2.71 bits per heavy atom. The summed E-state index contributed by atoms with van der Waals surface area (Å²) in [6, 6.07) is 0. The highest BCUT2D eigenvalue weighted by atomic mass is 16.5. The molecule has 1 aromatic heterocycles. The van der Waals surface area contributed by atoms with E-state index in [0.717, 1.165) is 67.7 Å². The average molecular weight is 580 g/mol. The van der Waals surface area contributed by atoms with Gasteiger partial charge in [0.05, 0.1) is 23.3 Å². The Hall–Kier alpha value is -2.18. The van der Waals surface area contributed by atoms with Crippen molar-refractivity contribution in [2.24, 2.45) is 23.2 Å². The van der Waals surface area contributed by atoms with Gasteiger partial charge in [0.2, 0.25) is 5.89 Å². The topological polar surface area (TPSA) is 92.8 Å². The summed E-state index contributed by atoms with van der Waals surface area (Å²) in [6.45, 7) is 13.1. The largest absolute Gasteiger partial charge is 0.461 e. The minimum absolute atomic E-state index is 0.0891. The monoisotopic (exact) mass is 579 g/mol. The van der Waals surface area contributed by atoms with E-state index in [9.17, 15) is 15.0 Å². The summed E-state index contributed by atoms with van der Waals surface area (Å²) in [4.78, 5) is 17.5. The number of aryl methyl sites for hydroxylation is 1. The lowest BCUT2D eigenvalue weighted by Gasteiger charge is -2.44. The van der Waals surface area contributed by atoms with E-state index in [-0.39, 0.29) is 22.9 Å². The highest BCUT2D eigenvalue weighted by Gasteiger charge is 2.57. The number of nitrogens with zero attached hydrogens (tertiary/aromatic N) is 1. The molecule has 4 fully saturated rings. The fourth-order valence-corrected chi connectivity index (χ4v) is 8.67. The quantitative estimate of drug-likeness (QED) is 0.261. The molecule has 0 bridgehead atoms. The molecule has 232 valence electrons. The molecule has 0 aromatic carbocycles. The highest BCUT2D eigenvalue weighted by molar-refractivity contribution is 5.69. The van der Waals surface area contributed by atoms with Crippen molar-refractivity contribution in [2.45, 2.75) is 141 Å². The number of aromatic nitrogens is 1. The van der Waals surface area contributed by atoms with Crippen LogP contribution in [0.3, 0.4) is 0 Å². The van der Waals surface area contributed by atoms with Crippen LogP contribution < -0.4 is 0 Å². The normalized spacial score (nSPS) is 33.9. The molecule has 0 aliphatic heterocycles. The van der Waals surface area contributed by atoms with E-state index in [4.69, 9.17) is 9.15 Å². The smallest absolute Gasteiger partial charge is 0.306 e. The number of oxazole rings is 1. The third-order valence-electron chi connectivity index (χ3n) is 11.3. The van der Waals surface area contributed by atoms with Crippen LogP contribution in [0.5, 0.6) is 0 Å². The van der Waals surface area contributed by atoms with Crippen molar-refractivity contribution in [2.75, 3.05) is 0 Å². The van der Waals surface area contributed by atoms with E-state index < -0.39 is 12.2 Å². The molecule has 0 spiro atoms. The van der Waals surface area contributed by atoms with Crippen molar-refractivity contribution in [3.05, 3.63) is 53.3 Å². The molecule has 0 unspecified atom stereocenters. The summed E-state index contributed by atoms with van der Waals surface area (Å²) < 4.78 is 12.1. The summed E-state index contributed by atoms with van der Waals surface area (Å²) in [5.74, 6) is 2.37. The van der Waals surface area contributed by atoms with E-state index in [0.29, 0.717) is 37.0 Å². The van der Waals surface area contributed by atoms with Gasteiger partial charge >= 0.3 is 5.97 Å². The fraction of sp³-hybridized carbons (Fsp3) is 0.722. The van der Waals surface area contributed by atoms with Crippen LogP contribution in [0.2, 0.25) is 0 Å². The molecule has 6 nitrogen and oxygen atoms in total. The number of carbonyl (C=O) groups excluding carboxylic acids is 1. The number of unbranched alkanes of at least 4 members (excludes halogenated alkanes) is 1. The zero-order valence-electron chi connectivity index (χ0n) is 26.4. The van der Waals surface area contributed by atoms with Gasteiger partial charge < -0.3 is 19.4 Å². The molecule has 7 atom stereocenters. The Balaban J connectivity index is 1.28. The van der Waals surface area contributed by atoms with Gasteiger partial charge in [0.25, 0.3) is 0 Å². The Bertz CT molecular complexity index is 1190. The molecular weight excluding hydrogens is 526 g/mol. The van der Waals surface area contributed by atoms with E-state index in [1.807, 2.05) is 6.92 Å². The Morgan fingerprint density at radius 1 is 1.24 bits per heavy atom. The van der Waals surface area contributed by atoms with Gasteiger partial charge in [-0.3, -0.25) is 4.79 Å². The number of aliphatic hydroxyl groups is 2.